The number of amides is 5. The highest BCUT2D eigenvalue weighted by atomic mass is 16.6. The van der Waals surface area contributed by atoms with E-state index in [9.17, 15) is 33.6 Å². The first kappa shape index (κ1) is 62.1. The molecule has 0 rings (SSSR count). The molecule has 0 bridgehead atoms. The number of esters is 1. The fourth-order valence-corrected chi connectivity index (χ4v) is 5.69. The Kier molecular flexibility index (Phi) is 37.9. The first-order valence-corrected chi connectivity index (χ1v) is 23.3. The Morgan fingerprint density at radius 1 is 0.470 bits per heavy atom. The molecule has 22 heteroatoms. The predicted octanol–water partition coefficient (Wildman–Crippen LogP) is -0.867. The molecule has 0 saturated carbocycles. The Labute approximate surface area is 391 Å². The molecule has 1 unspecified atom stereocenters. The summed E-state index contributed by atoms with van der Waals surface area (Å²) in [5, 5.41) is 16.9. The van der Waals surface area contributed by atoms with Gasteiger partial charge in [0.15, 0.2) is 5.78 Å². The van der Waals surface area contributed by atoms with Crippen LogP contribution in [0.5, 0.6) is 0 Å². The average molecular weight is 949 g/mol. The molecule has 0 fully saturated rings. The second-order valence-electron chi connectivity index (χ2n) is 16.3. The van der Waals surface area contributed by atoms with Gasteiger partial charge in [0, 0.05) is 71.4 Å². The molecule has 0 aromatic carbocycles. The van der Waals surface area contributed by atoms with Crippen LogP contribution in [-0.4, -0.2) is 184 Å². The van der Waals surface area contributed by atoms with Gasteiger partial charge in [-0.2, -0.15) is 0 Å². The number of Topliss-reactive ketones (excluding diaryl/α,β-unsaturated/α-hetero) is 1. The molecule has 0 aliphatic rings. The third kappa shape index (κ3) is 37.2. The summed E-state index contributed by atoms with van der Waals surface area (Å²) >= 11 is 0. The van der Waals surface area contributed by atoms with E-state index < -0.39 is 23.2 Å². The van der Waals surface area contributed by atoms with Gasteiger partial charge in [0.2, 0.25) is 29.5 Å². The number of nitrogens with one attached hydrogen (secondary N) is 6. The van der Waals surface area contributed by atoms with Crippen molar-refractivity contribution in [1.29, 1.82) is 0 Å². The Balaban J connectivity index is 4.08. The van der Waals surface area contributed by atoms with Crippen molar-refractivity contribution in [2.75, 3.05) is 125 Å². The highest BCUT2D eigenvalue weighted by Crippen LogP contribution is 2.17. The van der Waals surface area contributed by atoms with Gasteiger partial charge in [-0.05, 0) is 53.5 Å². The Morgan fingerprint density at radius 3 is 1.23 bits per heavy atom. The smallest absolute Gasteiger partial charge is 0.306 e. The van der Waals surface area contributed by atoms with Gasteiger partial charge in [0.25, 0.3) is 0 Å². The fraction of sp³-hybridized carbons (Fsp3) is 0.841. The molecule has 10 N–H and O–H groups in total. The van der Waals surface area contributed by atoms with Crippen LogP contribution in [0.15, 0.2) is 0 Å². The van der Waals surface area contributed by atoms with Gasteiger partial charge < -0.3 is 71.2 Å². The van der Waals surface area contributed by atoms with Gasteiger partial charge in [0.1, 0.15) is 5.60 Å². The van der Waals surface area contributed by atoms with Crippen LogP contribution >= 0.6 is 0 Å². The van der Waals surface area contributed by atoms with Gasteiger partial charge in [-0.1, -0.05) is 13.3 Å². The molecule has 0 aromatic rings. The summed E-state index contributed by atoms with van der Waals surface area (Å²) in [5.74, 6) is -1.94. The molecule has 384 valence electrons. The van der Waals surface area contributed by atoms with Crippen molar-refractivity contribution < 1.29 is 66.7 Å². The van der Waals surface area contributed by atoms with Crippen molar-refractivity contribution in [3.63, 3.8) is 0 Å². The summed E-state index contributed by atoms with van der Waals surface area (Å²) in [6.07, 6.45) is 2.44. The van der Waals surface area contributed by atoms with Crippen molar-refractivity contribution >= 4 is 41.3 Å². The summed E-state index contributed by atoms with van der Waals surface area (Å²) in [6, 6.07) is -0.650. The van der Waals surface area contributed by atoms with Gasteiger partial charge in [-0.25, -0.2) is 0 Å². The monoisotopic (exact) mass is 949 g/mol. The molecule has 2 atom stereocenters. The summed E-state index contributed by atoms with van der Waals surface area (Å²) in [6.45, 7) is 15.0. The first-order chi connectivity index (χ1) is 31.6. The Morgan fingerprint density at radius 2 is 0.848 bits per heavy atom. The zero-order chi connectivity index (χ0) is 49.3. The predicted molar refractivity (Wildman–Crippen MR) is 246 cm³/mol. The third-order valence-corrected chi connectivity index (χ3v) is 9.41. The Bertz CT molecular complexity index is 1360. The third-order valence-electron chi connectivity index (χ3n) is 9.41. The molecule has 0 spiro atoms. The first-order valence-electron chi connectivity index (χ1n) is 23.3. The molecule has 22 nitrogen and oxygen atoms in total. The summed E-state index contributed by atoms with van der Waals surface area (Å²) in [4.78, 5) is 86.6. The van der Waals surface area contributed by atoms with E-state index in [1.807, 2.05) is 6.92 Å². The number of nitrogens with two attached hydrogens (primary N) is 2. The molecule has 66 heavy (non-hydrogen) atoms. The van der Waals surface area contributed by atoms with Crippen LogP contribution in [0.25, 0.3) is 0 Å². The Hall–Kier alpha value is -3.87. The fourth-order valence-electron chi connectivity index (χ4n) is 5.69. The van der Waals surface area contributed by atoms with E-state index in [0.29, 0.717) is 85.1 Å². The highest BCUT2D eigenvalue weighted by Gasteiger charge is 2.35. The largest absolute Gasteiger partial charge is 0.460 e. The number of carbonyl (C=O) groups is 7. The second-order valence-corrected chi connectivity index (χ2v) is 16.3. The number of hydrogen-bond acceptors (Lipinski definition) is 17. The van der Waals surface area contributed by atoms with Gasteiger partial charge in [0.05, 0.1) is 97.3 Å². The van der Waals surface area contributed by atoms with E-state index in [1.54, 1.807) is 27.7 Å². The molecule has 0 aromatic heterocycles. The minimum absolute atomic E-state index is 0.00925. The highest BCUT2D eigenvalue weighted by molar-refractivity contribution is 5.92. The van der Waals surface area contributed by atoms with Gasteiger partial charge in [-0.3, -0.25) is 38.9 Å². The van der Waals surface area contributed by atoms with Crippen LogP contribution in [-0.2, 0) is 66.7 Å². The normalized spacial score (nSPS) is 12.7. The maximum atomic E-state index is 13.3. The van der Waals surface area contributed by atoms with Crippen LogP contribution in [0.2, 0.25) is 0 Å². The lowest BCUT2D eigenvalue weighted by Gasteiger charge is -2.33. The zero-order valence-electron chi connectivity index (χ0n) is 40.5. The molecule has 0 radical (unpaired) electrons. The standard InChI is InChI=1S/C44H84N8O14/c1-6-44(5,36(53)10-11-37(54)47-18-24-61-30-29-60-23-17-46)52-35(9-7-8-16-45)42(59)51-22-28-65-34-33-63-26-20-49-39(56)13-12-38(55)48-19-25-62-31-32-64-27-21-50-40(57)14-15-41(58)66-43(2,3)4/h35,52H,6-34,45-46H2,1-5H3,(H,47,54)(H,48,55)(H,49,56)(H,50,57)(H,51,59)/t35-,44?/m0/s1. The van der Waals surface area contributed by atoms with Crippen LogP contribution < -0.4 is 43.4 Å². The van der Waals surface area contributed by atoms with Crippen LogP contribution in [0.4, 0.5) is 0 Å². The topological polar surface area (TPSA) is 308 Å². The molecular formula is C44H84N8O14. The number of carbonyl (C=O) groups excluding carboxylic acids is 7. The van der Waals surface area contributed by atoms with E-state index in [0.717, 1.165) is 6.42 Å². The van der Waals surface area contributed by atoms with E-state index >= 15 is 0 Å². The van der Waals surface area contributed by atoms with Crippen LogP contribution in [0, 0.1) is 0 Å². The van der Waals surface area contributed by atoms with Crippen molar-refractivity contribution in [2.45, 2.75) is 116 Å². The van der Waals surface area contributed by atoms with Crippen molar-refractivity contribution in [2.24, 2.45) is 11.5 Å². The number of unbranched alkanes of at least 4 members (excludes halogenated alkanes) is 1. The van der Waals surface area contributed by atoms with Crippen molar-refractivity contribution in [1.82, 2.24) is 31.9 Å². The van der Waals surface area contributed by atoms with Crippen LogP contribution in [0.3, 0.4) is 0 Å². The van der Waals surface area contributed by atoms with Crippen molar-refractivity contribution in [3.8, 4) is 0 Å². The maximum Gasteiger partial charge on any atom is 0.306 e. The molecular weight excluding hydrogens is 865 g/mol. The lowest BCUT2D eigenvalue weighted by Crippen LogP contribution is -2.58. The minimum atomic E-state index is -1.02. The molecule has 0 aliphatic carbocycles. The SMILES string of the molecule is CCC(C)(N[C@@H](CCCCN)C(=O)NCCOCCOCCNC(=O)CCC(=O)NCCOCCOCCNC(=O)CCC(=O)OC(C)(C)C)C(=O)CCC(=O)NCCOCCOCCN. The zero-order valence-corrected chi connectivity index (χ0v) is 40.5. The number of hydrogen-bond donors (Lipinski definition) is 8. The summed E-state index contributed by atoms with van der Waals surface area (Å²) in [7, 11) is 0. The summed E-state index contributed by atoms with van der Waals surface area (Å²) in [5.41, 5.74) is 9.44. The van der Waals surface area contributed by atoms with Crippen molar-refractivity contribution in [3.05, 3.63) is 0 Å². The van der Waals surface area contributed by atoms with E-state index in [2.05, 4.69) is 31.9 Å². The minimum Gasteiger partial charge on any atom is -0.460 e. The van der Waals surface area contributed by atoms with E-state index in [1.165, 1.54) is 0 Å². The quantitative estimate of drug-likeness (QED) is 0.0272. The molecule has 0 heterocycles. The average Bonchev–Trinajstić information content (AvgIpc) is 3.27. The number of ether oxygens (including phenoxy) is 7. The second kappa shape index (κ2) is 40.2. The number of rotatable bonds is 44. The maximum absolute atomic E-state index is 13.3. The van der Waals surface area contributed by atoms with Crippen LogP contribution in [0.1, 0.15) is 98.8 Å². The van der Waals surface area contributed by atoms with Gasteiger partial charge in [-0.15, -0.1) is 0 Å². The van der Waals surface area contributed by atoms with E-state index in [4.69, 9.17) is 44.6 Å². The summed E-state index contributed by atoms with van der Waals surface area (Å²) < 4.78 is 37.7. The van der Waals surface area contributed by atoms with Gasteiger partial charge >= 0.3 is 5.97 Å². The van der Waals surface area contributed by atoms with E-state index in [-0.39, 0.29) is 133 Å². The molecule has 5 amide bonds. The number of ketones is 1. The lowest BCUT2D eigenvalue weighted by atomic mass is 9.88. The molecule has 0 aliphatic heterocycles. The lowest BCUT2D eigenvalue weighted by molar-refractivity contribution is -0.155. The molecule has 0 saturated heterocycles.